The highest BCUT2D eigenvalue weighted by Crippen LogP contribution is 2.43. The molecule has 1 aliphatic heterocycles. The van der Waals surface area contributed by atoms with Crippen LogP contribution in [0, 0.1) is 11.8 Å². The van der Waals surface area contributed by atoms with Crippen LogP contribution in [-0.2, 0) is 25.4 Å². The normalized spacial score (nSPS) is 20.4. The summed E-state index contributed by atoms with van der Waals surface area (Å²) in [6.45, 7) is 13.3. The lowest BCUT2D eigenvalue weighted by atomic mass is 10.0. The molecule has 2 aromatic carbocycles. The Morgan fingerprint density at radius 3 is 2.42 bits per heavy atom. The summed E-state index contributed by atoms with van der Waals surface area (Å²) in [5.74, 6) is 0.407. The zero-order chi connectivity index (χ0) is 38.7. The van der Waals surface area contributed by atoms with E-state index < -0.39 is 22.9 Å². The van der Waals surface area contributed by atoms with Crippen LogP contribution in [-0.4, -0.2) is 60.3 Å². The SMILES string of the molecule is CC(C)c1ccc2c(c1)[nH]c(=O)n2C(C)C.CCCCC/C=C\C1CC1C(=O)NS(=O)C1(C)CC1.NC(=O)C1CCCN1C(=O)CNc1ccccc1. The summed E-state index contributed by atoms with van der Waals surface area (Å²) in [4.78, 5) is 51.3. The number of benzene rings is 2. The number of rotatable bonds is 14. The van der Waals surface area contributed by atoms with E-state index in [2.05, 4.69) is 60.1 Å². The van der Waals surface area contributed by atoms with Crippen molar-refractivity contribution in [1.29, 1.82) is 0 Å². The van der Waals surface area contributed by atoms with Gasteiger partial charge < -0.3 is 20.9 Å². The lowest BCUT2D eigenvalue weighted by Gasteiger charge is -2.22. The Kier molecular flexibility index (Phi) is 15.1. The Labute approximate surface area is 317 Å². The maximum absolute atomic E-state index is 12.0. The molecule has 2 heterocycles. The van der Waals surface area contributed by atoms with E-state index in [4.69, 9.17) is 5.73 Å². The second kappa shape index (κ2) is 19.2. The molecule has 2 saturated carbocycles. The Morgan fingerprint density at radius 1 is 1.08 bits per heavy atom. The van der Waals surface area contributed by atoms with Crippen LogP contribution in [0.5, 0.6) is 0 Å². The number of nitrogens with one attached hydrogen (secondary N) is 3. The fraction of sp³-hybridized carbons (Fsp3) is 0.561. The monoisotopic (exact) mass is 748 g/mol. The van der Waals surface area contributed by atoms with Crippen molar-refractivity contribution in [2.75, 3.05) is 18.4 Å². The van der Waals surface area contributed by atoms with Gasteiger partial charge in [-0.05, 0) is 107 Å². The summed E-state index contributed by atoms with van der Waals surface area (Å²) in [6, 6.07) is 15.4. The summed E-state index contributed by atoms with van der Waals surface area (Å²) < 4.78 is 16.2. The van der Waals surface area contributed by atoms with Crippen molar-refractivity contribution >= 4 is 45.4 Å². The van der Waals surface area contributed by atoms with Gasteiger partial charge in [0.15, 0.2) is 0 Å². The minimum absolute atomic E-state index is 0.0188. The maximum atomic E-state index is 12.0. The number of carbonyl (C=O) groups excluding carboxylic acids is 3. The first-order chi connectivity index (χ1) is 25.2. The fourth-order valence-electron chi connectivity index (χ4n) is 6.38. The predicted octanol–water partition coefficient (Wildman–Crippen LogP) is 6.70. The van der Waals surface area contributed by atoms with E-state index in [9.17, 15) is 23.4 Å². The molecule has 6 rings (SSSR count). The fourth-order valence-corrected chi connectivity index (χ4v) is 7.43. The van der Waals surface area contributed by atoms with E-state index in [-0.39, 0.29) is 40.8 Å². The molecule has 53 heavy (non-hydrogen) atoms. The van der Waals surface area contributed by atoms with Crippen LogP contribution < -0.4 is 21.5 Å². The molecule has 0 radical (unpaired) electrons. The third-order valence-corrected chi connectivity index (χ3v) is 11.9. The van der Waals surface area contributed by atoms with Gasteiger partial charge in [0.2, 0.25) is 17.7 Å². The largest absolute Gasteiger partial charge is 0.376 e. The van der Waals surface area contributed by atoms with Gasteiger partial charge in [-0.3, -0.25) is 23.7 Å². The number of aromatic amines is 1. The second-order valence-corrected chi connectivity index (χ2v) is 17.0. The van der Waals surface area contributed by atoms with Crippen LogP contribution >= 0.6 is 0 Å². The van der Waals surface area contributed by atoms with E-state index in [1.807, 2.05) is 57.2 Å². The molecule has 0 spiro atoms. The lowest BCUT2D eigenvalue weighted by Crippen LogP contribution is -2.45. The highest BCUT2D eigenvalue weighted by atomic mass is 32.2. The van der Waals surface area contributed by atoms with Crippen LogP contribution in [0.1, 0.15) is 117 Å². The van der Waals surface area contributed by atoms with Gasteiger partial charge in [0.25, 0.3) is 0 Å². The van der Waals surface area contributed by atoms with Crippen LogP contribution in [0.15, 0.2) is 65.5 Å². The van der Waals surface area contributed by atoms with Crippen molar-refractivity contribution in [1.82, 2.24) is 19.2 Å². The summed E-state index contributed by atoms with van der Waals surface area (Å²) >= 11 is 0. The number of carbonyl (C=O) groups is 3. The van der Waals surface area contributed by atoms with Crippen molar-refractivity contribution in [2.24, 2.45) is 17.6 Å². The molecule has 290 valence electrons. The van der Waals surface area contributed by atoms with E-state index in [1.54, 1.807) is 9.47 Å². The number of unbranched alkanes of at least 4 members (excludes halogenated alkanes) is 3. The van der Waals surface area contributed by atoms with Gasteiger partial charge in [-0.1, -0.05) is 70.0 Å². The molecule has 4 unspecified atom stereocenters. The average molecular weight is 749 g/mol. The molecule has 3 aliphatic rings. The van der Waals surface area contributed by atoms with Gasteiger partial charge in [-0.2, -0.15) is 0 Å². The van der Waals surface area contributed by atoms with Crippen molar-refractivity contribution < 1.29 is 18.6 Å². The summed E-state index contributed by atoms with van der Waals surface area (Å²) in [5.41, 5.74) is 9.33. The number of hydrogen-bond donors (Lipinski definition) is 4. The molecule has 0 bridgehead atoms. The number of likely N-dealkylation sites (tertiary alicyclic amines) is 1. The van der Waals surface area contributed by atoms with Crippen LogP contribution in [0.2, 0.25) is 0 Å². The van der Waals surface area contributed by atoms with E-state index in [0.29, 0.717) is 24.8 Å². The van der Waals surface area contributed by atoms with E-state index in [1.165, 1.54) is 24.8 Å². The molecular formula is C41H60N6O5S. The Hall–Kier alpha value is -4.19. The number of para-hydroxylation sites is 1. The van der Waals surface area contributed by atoms with Gasteiger partial charge in [-0.15, -0.1) is 0 Å². The number of amides is 3. The Bertz CT molecular complexity index is 1790. The number of nitrogens with two attached hydrogens (primary N) is 1. The number of anilines is 1. The molecule has 4 atom stereocenters. The minimum Gasteiger partial charge on any atom is -0.376 e. The topological polar surface area (TPSA) is 159 Å². The molecule has 5 N–H and O–H groups in total. The summed E-state index contributed by atoms with van der Waals surface area (Å²) in [6.07, 6.45) is 13.6. The number of aromatic nitrogens is 2. The van der Waals surface area contributed by atoms with Gasteiger partial charge >= 0.3 is 5.69 Å². The average Bonchev–Trinajstić information content (AvgIpc) is 3.98. The number of hydrogen-bond acceptors (Lipinski definition) is 6. The quantitative estimate of drug-likeness (QED) is 0.106. The van der Waals surface area contributed by atoms with Gasteiger partial charge in [0.05, 0.1) is 22.3 Å². The number of primary amides is 1. The third kappa shape index (κ3) is 11.9. The highest BCUT2D eigenvalue weighted by Gasteiger charge is 2.47. The van der Waals surface area contributed by atoms with Gasteiger partial charge in [0.1, 0.15) is 17.0 Å². The highest BCUT2D eigenvalue weighted by molar-refractivity contribution is 7.85. The first-order valence-electron chi connectivity index (χ1n) is 19.3. The van der Waals surface area contributed by atoms with Crippen LogP contribution in [0.3, 0.4) is 0 Å². The van der Waals surface area contributed by atoms with Crippen LogP contribution in [0.25, 0.3) is 11.0 Å². The zero-order valence-electron chi connectivity index (χ0n) is 32.4. The molecule has 2 aliphatic carbocycles. The first-order valence-corrected chi connectivity index (χ1v) is 20.4. The molecule has 1 aromatic heterocycles. The minimum atomic E-state index is -1.19. The smallest absolute Gasteiger partial charge is 0.326 e. The van der Waals surface area contributed by atoms with Crippen molar-refractivity contribution in [3.63, 3.8) is 0 Å². The molecular weight excluding hydrogens is 689 g/mol. The molecule has 3 fully saturated rings. The maximum Gasteiger partial charge on any atom is 0.326 e. The number of fused-ring (bicyclic) bond motifs is 1. The van der Waals surface area contributed by atoms with Gasteiger partial charge in [-0.25, -0.2) is 9.00 Å². The Morgan fingerprint density at radius 2 is 1.79 bits per heavy atom. The molecule has 3 aromatic rings. The van der Waals surface area contributed by atoms with Crippen molar-refractivity contribution in [3.05, 3.63) is 76.7 Å². The number of imidazole rings is 1. The Balaban J connectivity index is 0.000000178. The lowest BCUT2D eigenvalue weighted by molar-refractivity contribution is -0.135. The zero-order valence-corrected chi connectivity index (χ0v) is 33.2. The molecule has 3 amide bonds. The first kappa shape index (κ1) is 41.6. The summed E-state index contributed by atoms with van der Waals surface area (Å²) in [7, 11) is -1.19. The van der Waals surface area contributed by atoms with Crippen molar-refractivity contribution in [3.8, 4) is 0 Å². The number of nitrogens with zero attached hydrogens (tertiary/aromatic N) is 2. The van der Waals surface area contributed by atoms with Crippen molar-refractivity contribution in [2.45, 2.75) is 122 Å². The molecule has 11 nitrogen and oxygen atoms in total. The van der Waals surface area contributed by atoms with Gasteiger partial charge in [0, 0.05) is 24.2 Å². The van der Waals surface area contributed by atoms with E-state index in [0.717, 1.165) is 48.8 Å². The standard InChI is InChI=1S/C15H25NO2S.C13H17N3O2.C13H18N2O/c1-3-4-5-6-7-8-12-11-13(12)14(17)16-19(18)15(2)9-10-15;14-13(18)11-7-4-8-16(11)12(17)9-15-10-5-2-1-3-6-10;1-8(2)10-5-6-12-11(7-10)14-13(16)15(12)9(3)4/h7-8,12-13H,3-6,9-11H2,1-2H3,(H,16,17);1-3,5-6,11,15H,4,7-9H2,(H2,14,18);5-9H,1-4H3,(H,14,16)/b8-7-;;. The third-order valence-electron chi connectivity index (χ3n) is 10.2. The molecule has 12 heteroatoms. The number of H-pyrrole nitrogens is 1. The second-order valence-electron chi connectivity index (χ2n) is 15.3. The van der Waals surface area contributed by atoms with E-state index >= 15 is 0 Å². The molecule has 1 saturated heterocycles. The number of allylic oxidation sites excluding steroid dienone is 2. The van der Waals surface area contributed by atoms with Crippen LogP contribution in [0.4, 0.5) is 5.69 Å². The summed E-state index contributed by atoms with van der Waals surface area (Å²) in [5, 5.41) is 3.04. The predicted molar refractivity (Wildman–Crippen MR) is 215 cm³/mol.